The molecule has 2 aliphatic rings. The van der Waals surface area contributed by atoms with Gasteiger partial charge in [-0.2, -0.15) is 0 Å². The molecule has 1 saturated carbocycles. The number of benzene rings is 2. The molecule has 2 N–H and O–H groups in total. The third-order valence-corrected chi connectivity index (χ3v) is 6.59. The van der Waals surface area contributed by atoms with Crippen molar-refractivity contribution in [3.63, 3.8) is 0 Å². The minimum atomic E-state index is -0.613. The van der Waals surface area contributed by atoms with Gasteiger partial charge in [-0.15, -0.1) is 0 Å². The van der Waals surface area contributed by atoms with Gasteiger partial charge in [-0.1, -0.05) is 62.9 Å². The lowest BCUT2D eigenvalue weighted by atomic mass is 9.91. The second-order valence-electron chi connectivity index (χ2n) is 9.00. The van der Waals surface area contributed by atoms with E-state index in [4.69, 9.17) is 0 Å². The zero-order valence-electron chi connectivity index (χ0n) is 18.4. The first-order valence-electron chi connectivity index (χ1n) is 11.5. The van der Waals surface area contributed by atoms with Crippen LogP contribution in [0.2, 0.25) is 0 Å². The Labute approximate surface area is 184 Å². The van der Waals surface area contributed by atoms with Crippen molar-refractivity contribution >= 4 is 23.2 Å². The number of rotatable bonds is 8. The maximum atomic E-state index is 13.1. The number of hydrogen-bond acceptors (Lipinski definition) is 3. The van der Waals surface area contributed by atoms with Crippen LogP contribution in [-0.2, 0) is 16.0 Å². The first-order valence-corrected chi connectivity index (χ1v) is 11.5. The predicted octanol–water partition coefficient (Wildman–Crippen LogP) is 4.78. The topological polar surface area (TPSA) is 69.6 Å². The Kier molecular flexibility index (Phi) is 6.42. The summed E-state index contributed by atoms with van der Waals surface area (Å²) in [4.78, 5) is 27.5. The molecule has 1 heterocycles. The van der Waals surface area contributed by atoms with Crippen molar-refractivity contribution in [2.75, 3.05) is 17.3 Å². The van der Waals surface area contributed by atoms with Gasteiger partial charge in [0, 0.05) is 18.3 Å². The summed E-state index contributed by atoms with van der Waals surface area (Å²) in [6, 6.07) is 13.7. The molecule has 164 valence electrons. The van der Waals surface area contributed by atoms with Crippen molar-refractivity contribution < 1.29 is 14.7 Å². The van der Waals surface area contributed by atoms with Crippen LogP contribution in [0.3, 0.4) is 0 Å². The van der Waals surface area contributed by atoms with Crippen LogP contribution in [0, 0.1) is 11.8 Å². The summed E-state index contributed by atoms with van der Waals surface area (Å²) in [6.45, 7) is 2.09. The number of amides is 2. The number of nitrogens with zero attached hydrogens (tertiary/aromatic N) is 1. The molecule has 1 aliphatic carbocycles. The quantitative estimate of drug-likeness (QED) is 0.646. The summed E-state index contributed by atoms with van der Waals surface area (Å²) < 4.78 is 0. The summed E-state index contributed by atoms with van der Waals surface area (Å²) >= 11 is 0. The van der Waals surface area contributed by atoms with E-state index in [1.165, 1.54) is 0 Å². The average Bonchev–Trinajstić information content (AvgIpc) is 3.60. The van der Waals surface area contributed by atoms with E-state index in [9.17, 15) is 14.7 Å². The first kappa shape index (κ1) is 21.6. The van der Waals surface area contributed by atoms with Gasteiger partial charge < -0.3 is 15.3 Å². The molecule has 0 unspecified atom stereocenters. The highest BCUT2D eigenvalue weighted by Crippen LogP contribution is 2.39. The lowest BCUT2D eigenvalue weighted by Crippen LogP contribution is -2.33. The van der Waals surface area contributed by atoms with E-state index in [0.717, 1.165) is 54.5 Å². The van der Waals surface area contributed by atoms with Gasteiger partial charge in [0.1, 0.15) is 0 Å². The van der Waals surface area contributed by atoms with Crippen LogP contribution in [0.15, 0.2) is 42.5 Å². The van der Waals surface area contributed by atoms with Crippen LogP contribution in [0.5, 0.6) is 0 Å². The molecule has 0 bridgehead atoms. The molecular formula is C26H32N2O3. The third-order valence-electron chi connectivity index (χ3n) is 6.59. The Bertz CT molecular complexity index is 967. The number of aliphatic hydroxyl groups is 1. The zero-order valence-corrected chi connectivity index (χ0v) is 18.4. The smallest absolute Gasteiger partial charge is 0.231 e. The fourth-order valence-corrected chi connectivity index (χ4v) is 4.47. The Morgan fingerprint density at radius 3 is 2.71 bits per heavy atom. The maximum Gasteiger partial charge on any atom is 0.231 e. The summed E-state index contributed by atoms with van der Waals surface area (Å²) in [6.07, 6.45) is 5.36. The molecule has 4 rings (SSSR count). The number of likely N-dealkylation sites (N-methyl/N-ethyl adjacent to an activating group) is 1. The summed E-state index contributed by atoms with van der Waals surface area (Å²) in [5, 5.41) is 13.7. The predicted molar refractivity (Wildman–Crippen MR) is 124 cm³/mol. The normalized spacial score (nSPS) is 17.4. The Hall–Kier alpha value is -2.66. The Balaban J connectivity index is 1.59. The van der Waals surface area contributed by atoms with Crippen molar-refractivity contribution in [1.29, 1.82) is 0 Å². The van der Waals surface area contributed by atoms with E-state index in [0.29, 0.717) is 24.4 Å². The van der Waals surface area contributed by atoms with Crippen LogP contribution in [0.4, 0.5) is 11.4 Å². The van der Waals surface area contributed by atoms with Crippen LogP contribution in [0.25, 0.3) is 11.1 Å². The van der Waals surface area contributed by atoms with Crippen molar-refractivity contribution in [1.82, 2.24) is 0 Å². The van der Waals surface area contributed by atoms with Crippen LogP contribution < -0.4 is 10.2 Å². The SMILES string of the molecule is CCCC[C@H](O)[C@@H](CC1CC1)C(=O)Nc1ccc2c(c1)N(C)C(=O)Cc1ccccc1-2. The molecule has 5 nitrogen and oxygen atoms in total. The molecule has 2 atom stereocenters. The van der Waals surface area contributed by atoms with Gasteiger partial charge in [0.2, 0.25) is 11.8 Å². The fraction of sp³-hybridized carbons (Fsp3) is 0.462. The summed E-state index contributed by atoms with van der Waals surface area (Å²) in [5.41, 5.74) is 4.50. The number of unbranched alkanes of at least 4 members (excludes halogenated alkanes) is 1. The molecular weight excluding hydrogens is 388 g/mol. The van der Waals surface area contributed by atoms with Crippen molar-refractivity contribution in [3.05, 3.63) is 48.0 Å². The monoisotopic (exact) mass is 420 g/mol. The van der Waals surface area contributed by atoms with E-state index < -0.39 is 12.0 Å². The lowest BCUT2D eigenvalue weighted by Gasteiger charge is -2.23. The van der Waals surface area contributed by atoms with Crippen LogP contribution in [-0.4, -0.2) is 30.1 Å². The number of hydrogen-bond donors (Lipinski definition) is 2. The van der Waals surface area contributed by atoms with Crippen molar-refractivity contribution in [2.24, 2.45) is 11.8 Å². The molecule has 1 fully saturated rings. The van der Waals surface area contributed by atoms with Gasteiger partial charge in [-0.25, -0.2) is 0 Å². The van der Waals surface area contributed by atoms with Gasteiger partial charge in [-0.05, 0) is 42.0 Å². The van der Waals surface area contributed by atoms with E-state index in [2.05, 4.69) is 12.2 Å². The molecule has 0 spiro atoms. The molecule has 5 heteroatoms. The zero-order chi connectivity index (χ0) is 22.0. The molecule has 2 aromatic carbocycles. The van der Waals surface area contributed by atoms with E-state index in [1.54, 1.807) is 11.9 Å². The van der Waals surface area contributed by atoms with Crippen molar-refractivity contribution in [3.8, 4) is 11.1 Å². The number of nitrogens with one attached hydrogen (secondary N) is 1. The highest BCUT2D eigenvalue weighted by molar-refractivity contribution is 6.03. The van der Waals surface area contributed by atoms with E-state index in [1.807, 2.05) is 42.5 Å². The van der Waals surface area contributed by atoms with Gasteiger partial charge >= 0.3 is 0 Å². The second-order valence-corrected chi connectivity index (χ2v) is 9.00. The van der Waals surface area contributed by atoms with E-state index >= 15 is 0 Å². The molecule has 31 heavy (non-hydrogen) atoms. The molecule has 0 saturated heterocycles. The molecule has 0 aromatic heterocycles. The number of aliphatic hydroxyl groups excluding tert-OH is 1. The summed E-state index contributed by atoms with van der Waals surface area (Å²) in [5.74, 6) is 0.0620. The van der Waals surface area contributed by atoms with Gasteiger partial charge in [0.15, 0.2) is 0 Å². The number of fused-ring (bicyclic) bond motifs is 3. The number of carbonyl (C=O) groups is 2. The summed E-state index contributed by atoms with van der Waals surface area (Å²) in [7, 11) is 1.78. The molecule has 2 aromatic rings. The standard InChI is InChI=1S/C26H32N2O3/c1-3-4-9-24(29)22(14-17-10-11-17)26(31)27-19-12-13-21-20-8-6-5-7-18(20)15-25(30)28(2)23(21)16-19/h5-8,12-13,16-17,22,24,29H,3-4,9-11,14-15H2,1-2H3,(H,27,31)/t22-,24+/m1/s1. The molecule has 0 radical (unpaired) electrons. The largest absolute Gasteiger partial charge is 0.392 e. The van der Waals surface area contributed by atoms with Crippen LogP contribution >= 0.6 is 0 Å². The van der Waals surface area contributed by atoms with Gasteiger partial charge in [0.05, 0.1) is 24.1 Å². The average molecular weight is 421 g/mol. The van der Waals surface area contributed by atoms with Gasteiger partial charge in [0.25, 0.3) is 0 Å². The minimum absolute atomic E-state index is 0.0243. The highest BCUT2D eigenvalue weighted by Gasteiger charge is 2.34. The number of anilines is 2. The molecule has 1 aliphatic heterocycles. The second kappa shape index (κ2) is 9.23. The maximum absolute atomic E-state index is 13.1. The Morgan fingerprint density at radius 1 is 1.19 bits per heavy atom. The Morgan fingerprint density at radius 2 is 1.97 bits per heavy atom. The van der Waals surface area contributed by atoms with Gasteiger partial charge in [-0.3, -0.25) is 9.59 Å². The lowest BCUT2D eigenvalue weighted by molar-refractivity contribution is -0.124. The van der Waals surface area contributed by atoms with E-state index in [-0.39, 0.29) is 11.8 Å². The third kappa shape index (κ3) is 4.82. The highest BCUT2D eigenvalue weighted by atomic mass is 16.3. The van der Waals surface area contributed by atoms with Crippen LogP contribution in [0.1, 0.15) is 51.0 Å². The first-order chi connectivity index (χ1) is 15.0. The fourth-order valence-electron chi connectivity index (χ4n) is 4.47. The minimum Gasteiger partial charge on any atom is -0.392 e. The number of carbonyl (C=O) groups excluding carboxylic acids is 2. The van der Waals surface area contributed by atoms with Crippen molar-refractivity contribution in [2.45, 2.75) is 58.0 Å². The molecule has 2 amide bonds.